The number of hydrogen-bond donors (Lipinski definition) is 2. The minimum absolute atomic E-state index is 0.0823. The molecule has 0 aliphatic heterocycles. The van der Waals surface area contributed by atoms with Crippen LogP contribution in [0.1, 0.15) is 6.92 Å². The second-order valence-electron chi connectivity index (χ2n) is 3.77. The number of anilines is 1. The molecule has 0 spiro atoms. The highest BCUT2D eigenvalue weighted by Crippen LogP contribution is 2.30. The molecule has 0 saturated carbocycles. The molecule has 0 aliphatic rings. The lowest BCUT2D eigenvalue weighted by Gasteiger charge is -2.15. The molecular formula is C13H14F3NO4. The number of esters is 1. The lowest BCUT2D eigenvalue weighted by molar-refractivity contribution is -0.142. The van der Waals surface area contributed by atoms with Crippen LogP contribution in [0.4, 0.5) is 18.9 Å². The van der Waals surface area contributed by atoms with Gasteiger partial charge >= 0.3 is 12.1 Å². The van der Waals surface area contributed by atoms with E-state index in [2.05, 4.69) is 10.1 Å². The summed E-state index contributed by atoms with van der Waals surface area (Å²) < 4.78 is 47.3. The van der Waals surface area contributed by atoms with Gasteiger partial charge in [-0.05, 0) is 19.1 Å². The zero-order valence-electron chi connectivity index (χ0n) is 11.3. The largest absolute Gasteiger partial charge is 0.503 e. The fourth-order valence-electron chi connectivity index (χ4n) is 1.43. The van der Waals surface area contributed by atoms with Gasteiger partial charge < -0.3 is 19.9 Å². The van der Waals surface area contributed by atoms with E-state index in [0.29, 0.717) is 0 Å². The molecule has 0 radical (unpaired) electrons. The molecule has 0 saturated heterocycles. The number of ether oxygens (including phenoxy) is 2. The van der Waals surface area contributed by atoms with E-state index in [9.17, 15) is 23.1 Å². The number of methoxy groups -OCH3 is 1. The van der Waals surface area contributed by atoms with Gasteiger partial charge in [0.15, 0.2) is 5.70 Å². The molecule has 0 bridgehead atoms. The normalized spacial score (nSPS) is 12.4. The summed E-state index contributed by atoms with van der Waals surface area (Å²) in [5.74, 6) is -3.18. The Kier molecular flexibility index (Phi) is 5.45. The predicted octanol–water partition coefficient (Wildman–Crippen LogP) is 3.00. The first-order valence-corrected chi connectivity index (χ1v) is 5.88. The molecule has 0 heterocycles. The highest BCUT2D eigenvalue weighted by molar-refractivity contribution is 5.93. The molecule has 21 heavy (non-hydrogen) atoms. The maximum absolute atomic E-state index is 12.6. The number of aliphatic hydroxyl groups excluding tert-OH is 1. The van der Waals surface area contributed by atoms with Crippen LogP contribution in [0.3, 0.4) is 0 Å². The Bertz CT molecular complexity index is 540. The Hall–Kier alpha value is -2.38. The van der Waals surface area contributed by atoms with Crippen molar-refractivity contribution in [1.29, 1.82) is 0 Å². The van der Waals surface area contributed by atoms with E-state index in [1.807, 2.05) is 0 Å². The van der Waals surface area contributed by atoms with Crippen molar-refractivity contribution in [2.75, 3.05) is 19.0 Å². The SMILES string of the molecule is CCOC(=O)/C(Nc1ccccc1OC)=C(\O)C(F)(F)F. The predicted molar refractivity (Wildman–Crippen MR) is 69.0 cm³/mol. The molecule has 2 N–H and O–H groups in total. The minimum Gasteiger partial charge on any atom is -0.503 e. The highest BCUT2D eigenvalue weighted by atomic mass is 19.4. The molecule has 0 aliphatic carbocycles. The van der Waals surface area contributed by atoms with Gasteiger partial charge in [-0.3, -0.25) is 0 Å². The fourth-order valence-corrected chi connectivity index (χ4v) is 1.43. The quantitative estimate of drug-likeness (QED) is 0.497. The van der Waals surface area contributed by atoms with Crippen LogP contribution >= 0.6 is 0 Å². The van der Waals surface area contributed by atoms with Gasteiger partial charge in [0.25, 0.3) is 0 Å². The number of benzene rings is 1. The third-order valence-electron chi connectivity index (χ3n) is 2.35. The van der Waals surface area contributed by atoms with E-state index in [4.69, 9.17) is 4.74 Å². The van der Waals surface area contributed by atoms with Gasteiger partial charge in [-0.15, -0.1) is 0 Å². The van der Waals surface area contributed by atoms with Crippen LogP contribution < -0.4 is 10.1 Å². The van der Waals surface area contributed by atoms with E-state index in [1.54, 1.807) is 6.07 Å². The van der Waals surface area contributed by atoms with Gasteiger partial charge in [0.05, 0.1) is 19.4 Å². The zero-order chi connectivity index (χ0) is 16.0. The van der Waals surface area contributed by atoms with E-state index in [0.717, 1.165) is 0 Å². The summed E-state index contributed by atoms with van der Waals surface area (Å²) in [7, 11) is 1.32. The number of allylic oxidation sites excluding steroid dienone is 1. The number of rotatable bonds is 5. The summed E-state index contributed by atoms with van der Waals surface area (Å²) >= 11 is 0. The highest BCUT2D eigenvalue weighted by Gasteiger charge is 2.39. The Balaban J connectivity index is 3.24. The molecule has 0 atom stereocenters. The maximum atomic E-state index is 12.6. The van der Waals surface area contributed by atoms with Crippen LogP contribution in [0.5, 0.6) is 5.75 Å². The van der Waals surface area contributed by atoms with Crippen molar-refractivity contribution in [3.05, 3.63) is 35.7 Å². The molecular weight excluding hydrogens is 291 g/mol. The Morgan fingerprint density at radius 3 is 2.48 bits per heavy atom. The molecule has 116 valence electrons. The number of halogens is 3. The van der Waals surface area contributed by atoms with Crippen LogP contribution in [-0.4, -0.2) is 31.0 Å². The zero-order valence-corrected chi connectivity index (χ0v) is 11.3. The standard InChI is InChI=1S/C13H14F3NO4/c1-3-21-12(19)10(11(18)13(14,15)16)17-8-6-4-5-7-9(8)20-2/h4-7,17-18H,3H2,1-2H3/b11-10+. The maximum Gasteiger partial charge on any atom is 0.451 e. The first kappa shape index (κ1) is 16.7. The molecule has 0 aromatic heterocycles. The second kappa shape index (κ2) is 6.87. The van der Waals surface area contributed by atoms with Gasteiger partial charge in [0.2, 0.25) is 5.76 Å². The lowest BCUT2D eigenvalue weighted by atomic mass is 10.2. The minimum atomic E-state index is -5.09. The summed E-state index contributed by atoms with van der Waals surface area (Å²) in [6.45, 7) is 1.30. The number of aliphatic hydroxyl groups is 1. The molecule has 0 unspecified atom stereocenters. The van der Waals surface area contributed by atoms with Crippen molar-refractivity contribution in [2.45, 2.75) is 13.1 Å². The number of carbonyl (C=O) groups excluding carboxylic acids is 1. The average Bonchev–Trinajstić information content (AvgIpc) is 2.43. The fraction of sp³-hybridized carbons (Fsp3) is 0.308. The number of hydrogen-bond acceptors (Lipinski definition) is 5. The molecule has 1 aromatic carbocycles. The first-order chi connectivity index (χ1) is 9.81. The van der Waals surface area contributed by atoms with Crippen LogP contribution in [-0.2, 0) is 9.53 Å². The van der Waals surface area contributed by atoms with E-state index in [1.165, 1.54) is 32.2 Å². The van der Waals surface area contributed by atoms with Gasteiger partial charge in [0, 0.05) is 0 Å². The summed E-state index contributed by atoms with van der Waals surface area (Å²) in [6, 6.07) is 6.00. The molecule has 8 heteroatoms. The van der Waals surface area contributed by atoms with E-state index >= 15 is 0 Å². The number of para-hydroxylation sites is 2. The van der Waals surface area contributed by atoms with Crippen molar-refractivity contribution in [1.82, 2.24) is 0 Å². The van der Waals surface area contributed by atoms with Gasteiger partial charge in [0.1, 0.15) is 5.75 Å². The first-order valence-electron chi connectivity index (χ1n) is 5.88. The number of carbonyl (C=O) groups is 1. The summed E-state index contributed by atoms with van der Waals surface area (Å²) in [5.41, 5.74) is -1.02. The second-order valence-corrected chi connectivity index (χ2v) is 3.77. The Labute approximate surface area is 119 Å². The average molecular weight is 305 g/mol. The summed E-state index contributed by atoms with van der Waals surface area (Å²) in [4.78, 5) is 11.6. The van der Waals surface area contributed by atoms with Crippen molar-refractivity contribution in [3.8, 4) is 5.75 Å². The molecule has 0 fully saturated rings. The van der Waals surface area contributed by atoms with Crippen LogP contribution in [0, 0.1) is 0 Å². The Morgan fingerprint density at radius 1 is 1.33 bits per heavy atom. The van der Waals surface area contributed by atoms with Crippen LogP contribution in [0.2, 0.25) is 0 Å². The lowest BCUT2D eigenvalue weighted by Crippen LogP contribution is -2.24. The number of alkyl halides is 3. The topological polar surface area (TPSA) is 67.8 Å². The molecule has 1 aromatic rings. The van der Waals surface area contributed by atoms with Crippen molar-refractivity contribution < 1.29 is 32.5 Å². The van der Waals surface area contributed by atoms with Crippen LogP contribution in [0.15, 0.2) is 35.7 Å². The summed E-state index contributed by atoms with van der Waals surface area (Å²) in [6.07, 6.45) is -5.09. The van der Waals surface area contributed by atoms with Gasteiger partial charge in [-0.2, -0.15) is 13.2 Å². The molecule has 0 amide bonds. The van der Waals surface area contributed by atoms with Gasteiger partial charge in [-0.25, -0.2) is 4.79 Å². The van der Waals surface area contributed by atoms with Crippen LogP contribution in [0.25, 0.3) is 0 Å². The summed E-state index contributed by atoms with van der Waals surface area (Å²) in [5, 5.41) is 11.4. The van der Waals surface area contributed by atoms with Crippen molar-refractivity contribution >= 4 is 11.7 Å². The smallest absolute Gasteiger partial charge is 0.451 e. The number of nitrogens with one attached hydrogen (secondary N) is 1. The molecule has 5 nitrogen and oxygen atoms in total. The van der Waals surface area contributed by atoms with Gasteiger partial charge in [-0.1, -0.05) is 12.1 Å². The van der Waals surface area contributed by atoms with E-state index < -0.39 is 23.6 Å². The third kappa shape index (κ3) is 4.30. The Morgan fingerprint density at radius 2 is 1.95 bits per heavy atom. The van der Waals surface area contributed by atoms with Crippen molar-refractivity contribution in [2.24, 2.45) is 0 Å². The van der Waals surface area contributed by atoms with E-state index in [-0.39, 0.29) is 18.0 Å². The third-order valence-corrected chi connectivity index (χ3v) is 2.35. The monoisotopic (exact) mass is 305 g/mol. The van der Waals surface area contributed by atoms with Crippen molar-refractivity contribution in [3.63, 3.8) is 0 Å². The molecule has 1 rings (SSSR count).